The van der Waals surface area contributed by atoms with E-state index in [1.165, 1.54) is 30.3 Å². The molecule has 0 aliphatic carbocycles. The van der Waals surface area contributed by atoms with Crippen molar-refractivity contribution in [2.24, 2.45) is 0 Å². The highest BCUT2D eigenvalue weighted by molar-refractivity contribution is 6.31. The van der Waals surface area contributed by atoms with E-state index in [4.69, 9.17) is 16.3 Å². The highest BCUT2D eigenvalue weighted by Crippen LogP contribution is 2.21. The molecular formula is C17H16ClFN2O4. The Morgan fingerprint density at radius 3 is 2.68 bits per heavy atom. The summed E-state index contributed by atoms with van der Waals surface area (Å²) in [5, 5.41) is 9.87. The molecule has 2 rings (SSSR count). The molecule has 0 unspecified atom stereocenters. The number of rotatable bonds is 6. The van der Waals surface area contributed by atoms with Crippen LogP contribution in [0.4, 0.5) is 4.39 Å². The monoisotopic (exact) mass is 366 g/mol. The van der Waals surface area contributed by atoms with Gasteiger partial charge in [-0.05, 0) is 36.8 Å². The second-order valence-corrected chi connectivity index (χ2v) is 5.48. The van der Waals surface area contributed by atoms with Crippen LogP contribution in [0.5, 0.6) is 11.5 Å². The zero-order valence-electron chi connectivity index (χ0n) is 13.1. The van der Waals surface area contributed by atoms with Crippen LogP contribution in [0.1, 0.15) is 23.2 Å². The minimum absolute atomic E-state index is 0.0595. The minimum atomic E-state index is -0.698. The highest BCUT2D eigenvalue weighted by atomic mass is 35.5. The SMILES string of the molecule is O=C(CCCOc1ccccc1F)NNC(=O)c1cc(Cl)ccc1O. The van der Waals surface area contributed by atoms with E-state index in [9.17, 15) is 19.1 Å². The van der Waals surface area contributed by atoms with E-state index in [2.05, 4.69) is 10.9 Å². The van der Waals surface area contributed by atoms with Crippen LogP contribution in [-0.2, 0) is 4.79 Å². The Bertz CT molecular complexity index is 770. The van der Waals surface area contributed by atoms with Crippen molar-refractivity contribution < 1.29 is 23.8 Å². The predicted molar refractivity (Wildman–Crippen MR) is 89.9 cm³/mol. The average Bonchev–Trinajstić information content (AvgIpc) is 2.60. The summed E-state index contributed by atoms with van der Waals surface area (Å²) in [6.07, 6.45) is 0.398. The van der Waals surface area contributed by atoms with Gasteiger partial charge in [-0.15, -0.1) is 0 Å². The topological polar surface area (TPSA) is 87.7 Å². The van der Waals surface area contributed by atoms with Crippen LogP contribution in [0.25, 0.3) is 0 Å². The quantitative estimate of drug-likeness (QED) is 0.542. The van der Waals surface area contributed by atoms with Crippen LogP contribution in [0, 0.1) is 5.82 Å². The molecule has 0 saturated heterocycles. The van der Waals surface area contributed by atoms with Gasteiger partial charge in [0.1, 0.15) is 5.75 Å². The molecule has 0 aliphatic heterocycles. The van der Waals surface area contributed by atoms with E-state index in [1.54, 1.807) is 12.1 Å². The summed E-state index contributed by atoms with van der Waals surface area (Å²) in [5.74, 6) is -1.76. The van der Waals surface area contributed by atoms with Gasteiger partial charge in [0.15, 0.2) is 11.6 Å². The molecule has 2 aromatic carbocycles. The molecule has 8 heteroatoms. The van der Waals surface area contributed by atoms with Crippen molar-refractivity contribution in [1.29, 1.82) is 0 Å². The third-order valence-corrected chi connectivity index (χ3v) is 3.40. The van der Waals surface area contributed by atoms with Crippen molar-refractivity contribution in [3.8, 4) is 11.5 Å². The van der Waals surface area contributed by atoms with E-state index in [0.717, 1.165) is 0 Å². The summed E-state index contributed by atoms with van der Waals surface area (Å²) in [7, 11) is 0. The number of nitrogens with one attached hydrogen (secondary N) is 2. The fraction of sp³-hybridized carbons (Fsp3) is 0.176. The molecule has 0 saturated carbocycles. The van der Waals surface area contributed by atoms with Gasteiger partial charge in [0.2, 0.25) is 5.91 Å². The lowest BCUT2D eigenvalue weighted by atomic mass is 10.2. The van der Waals surface area contributed by atoms with Gasteiger partial charge >= 0.3 is 0 Å². The fourth-order valence-corrected chi connectivity index (χ4v) is 2.10. The molecule has 0 aliphatic rings. The van der Waals surface area contributed by atoms with Crippen LogP contribution in [-0.4, -0.2) is 23.5 Å². The van der Waals surface area contributed by atoms with Gasteiger partial charge < -0.3 is 9.84 Å². The maximum atomic E-state index is 13.3. The van der Waals surface area contributed by atoms with Crippen molar-refractivity contribution >= 4 is 23.4 Å². The zero-order valence-corrected chi connectivity index (χ0v) is 13.8. The number of hydrogen-bond acceptors (Lipinski definition) is 4. The van der Waals surface area contributed by atoms with Crippen LogP contribution in [0.3, 0.4) is 0 Å². The molecule has 6 nitrogen and oxygen atoms in total. The molecule has 0 fully saturated rings. The van der Waals surface area contributed by atoms with Gasteiger partial charge in [0.25, 0.3) is 5.91 Å². The van der Waals surface area contributed by atoms with Gasteiger partial charge in [0.05, 0.1) is 12.2 Å². The van der Waals surface area contributed by atoms with Gasteiger partial charge in [-0.25, -0.2) is 4.39 Å². The number of carbonyl (C=O) groups excluding carboxylic acids is 2. The van der Waals surface area contributed by atoms with Crippen molar-refractivity contribution in [3.05, 3.63) is 58.9 Å². The fourth-order valence-electron chi connectivity index (χ4n) is 1.92. The summed E-state index contributed by atoms with van der Waals surface area (Å²) in [5.41, 5.74) is 4.33. The molecule has 25 heavy (non-hydrogen) atoms. The van der Waals surface area contributed by atoms with Gasteiger partial charge in [-0.3, -0.25) is 20.4 Å². The molecule has 0 radical (unpaired) electrons. The Hall–Kier alpha value is -2.80. The largest absolute Gasteiger partial charge is 0.507 e. The predicted octanol–water partition coefficient (Wildman–Crippen LogP) is 2.80. The molecule has 2 amide bonds. The Balaban J connectivity index is 1.71. The lowest BCUT2D eigenvalue weighted by Gasteiger charge is -2.09. The lowest BCUT2D eigenvalue weighted by Crippen LogP contribution is -2.41. The standard InChI is InChI=1S/C17H16ClFN2O4/c18-11-7-8-14(22)12(10-11)17(24)21-20-16(23)6-3-9-25-15-5-2-1-4-13(15)19/h1-2,4-5,7-8,10,22H,3,6,9H2,(H,20,23)(H,21,24). The Labute approximate surface area is 148 Å². The number of hydrazine groups is 1. The number of amides is 2. The van der Waals surface area contributed by atoms with Crippen molar-refractivity contribution in [2.45, 2.75) is 12.8 Å². The number of hydrogen-bond donors (Lipinski definition) is 3. The van der Waals surface area contributed by atoms with Crippen molar-refractivity contribution in [2.75, 3.05) is 6.61 Å². The number of benzene rings is 2. The Kier molecular flexibility index (Phi) is 6.59. The van der Waals surface area contributed by atoms with Gasteiger partial charge in [-0.1, -0.05) is 23.7 Å². The molecule has 0 atom stereocenters. The summed E-state index contributed by atoms with van der Waals surface area (Å²) in [4.78, 5) is 23.5. The number of halogens is 2. The number of phenolic OH excluding ortho intramolecular Hbond substituents is 1. The molecular weight excluding hydrogens is 351 g/mol. The van der Waals surface area contributed by atoms with E-state index in [-0.39, 0.29) is 35.1 Å². The summed E-state index contributed by atoms with van der Waals surface area (Å²) in [6, 6.07) is 9.96. The highest BCUT2D eigenvalue weighted by Gasteiger charge is 2.12. The molecule has 0 bridgehead atoms. The first-order chi connectivity index (χ1) is 12.0. The van der Waals surface area contributed by atoms with Crippen LogP contribution >= 0.6 is 11.6 Å². The van der Waals surface area contributed by atoms with Crippen LogP contribution in [0.2, 0.25) is 5.02 Å². The second kappa shape index (κ2) is 8.89. The summed E-state index contributed by atoms with van der Waals surface area (Å²) >= 11 is 5.75. The van der Waals surface area contributed by atoms with E-state index >= 15 is 0 Å². The van der Waals surface area contributed by atoms with E-state index < -0.39 is 17.6 Å². The number of aromatic hydroxyl groups is 1. The third-order valence-electron chi connectivity index (χ3n) is 3.16. The number of phenols is 1. The first-order valence-corrected chi connectivity index (χ1v) is 7.80. The number of carbonyl (C=O) groups is 2. The van der Waals surface area contributed by atoms with Gasteiger partial charge in [0, 0.05) is 11.4 Å². The molecule has 0 spiro atoms. The van der Waals surface area contributed by atoms with Crippen molar-refractivity contribution in [1.82, 2.24) is 10.9 Å². The molecule has 2 aromatic rings. The number of para-hydroxylation sites is 1. The first kappa shape index (κ1) is 18.5. The smallest absolute Gasteiger partial charge is 0.273 e. The first-order valence-electron chi connectivity index (χ1n) is 7.42. The Morgan fingerprint density at radius 1 is 1.16 bits per heavy atom. The lowest BCUT2D eigenvalue weighted by molar-refractivity contribution is -0.122. The van der Waals surface area contributed by atoms with Crippen molar-refractivity contribution in [3.63, 3.8) is 0 Å². The molecule has 0 aromatic heterocycles. The maximum Gasteiger partial charge on any atom is 0.273 e. The zero-order chi connectivity index (χ0) is 18.2. The van der Waals surface area contributed by atoms with E-state index in [1.807, 2.05) is 0 Å². The summed E-state index contributed by atoms with van der Waals surface area (Å²) < 4.78 is 18.5. The summed E-state index contributed by atoms with van der Waals surface area (Å²) in [6.45, 7) is 0.150. The molecule has 0 heterocycles. The normalized spacial score (nSPS) is 10.2. The Morgan fingerprint density at radius 2 is 1.92 bits per heavy atom. The van der Waals surface area contributed by atoms with Gasteiger partial charge in [-0.2, -0.15) is 0 Å². The number of ether oxygens (including phenoxy) is 1. The molecule has 132 valence electrons. The maximum absolute atomic E-state index is 13.3. The van der Waals surface area contributed by atoms with E-state index in [0.29, 0.717) is 6.42 Å². The average molecular weight is 367 g/mol. The second-order valence-electron chi connectivity index (χ2n) is 5.05. The minimum Gasteiger partial charge on any atom is -0.507 e. The van der Waals surface area contributed by atoms with Crippen LogP contribution < -0.4 is 15.6 Å². The molecule has 3 N–H and O–H groups in total. The van der Waals surface area contributed by atoms with Crippen LogP contribution in [0.15, 0.2) is 42.5 Å². The third kappa shape index (κ3) is 5.65.